The van der Waals surface area contributed by atoms with Crippen molar-refractivity contribution in [2.24, 2.45) is 12.8 Å². The Labute approximate surface area is 95.4 Å². The average Bonchev–Trinajstić information content (AvgIpc) is 2.97. The molecule has 0 bridgehead atoms. The van der Waals surface area contributed by atoms with E-state index < -0.39 is 0 Å². The van der Waals surface area contributed by atoms with E-state index in [4.69, 9.17) is 10.5 Å². The van der Waals surface area contributed by atoms with Crippen LogP contribution in [-0.4, -0.2) is 23.7 Å². The number of nitrogens with zero attached hydrogens (tertiary/aromatic N) is 1. The molecule has 1 aromatic rings. The lowest BCUT2D eigenvalue weighted by Gasteiger charge is -2.21. The molecule has 0 aromatic carbocycles. The molecular weight excluding hydrogens is 204 g/mol. The van der Waals surface area contributed by atoms with Crippen LogP contribution < -0.4 is 5.73 Å². The predicted molar refractivity (Wildman–Crippen MR) is 61.3 cm³/mol. The van der Waals surface area contributed by atoms with Crippen LogP contribution in [0.25, 0.3) is 0 Å². The molecule has 4 heteroatoms. The van der Waals surface area contributed by atoms with E-state index in [0.717, 1.165) is 18.5 Å². The summed E-state index contributed by atoms with van der Waals surface area (Å²) in [5.74, 6) is -0.297. The first-order valence-corrected chi connectivity index (χ1v) is 5.53. The van der Waals surface area contributed by atoms with Crippen LogP contribution in [-0.2, 0) is 17.2 Å². The van der Waals surface area contributed by atoms with Crippen LogP contribution in [0.5, 0.6) is 0 Å². The van der Waals surface area contributed by atoms with E-state index in [-0.39, 0.29) is 17.4 Å². The quantitative estimate of drug-likeness (QED) is 0.781. The minimum absolute atomic E-state index is 0.0705. The van der Waals surface area contributed by atoms with Gasteiger partial charge in [-0.25, -0.2) is 4.79 Å². The zero-order valence-corrected chi connectivity index (χ0v) is 9.99. The summed E-state index contributed by atoms with van der Waals surface area (Å²) >= 11 is 0. The minimum atomic E-state index is -0.297. The maximum atomic E-state index is 11.5. The van der Waals surface area contributed by atoms with Crippen molar-refractivity contribution in [3.63, 3.8) is 0 Å². The first-order chi connectivity index (χ1) is 7.53. The molecule has 1 unspecified atom stereocenters. The highest BCUT2D eigenvalue weighted by Crippen LogP contribution is 2.50. The Morgan fingerprint density at radius 3 is 2.62 bits per heavy atom. The number of hydrogen-bond donors (Lipinski definition) is 1. The van der Waals surface area contributed by atoms with Crippen molar-refractivity contribution < 1.29 is 9.53 Å². The number of hydrogen-bond acceptors (Lipinski definition) is 3. The molecule has 1 aromatic heterocycles. The van der Waals surface area contributed by atoms with E-state index in [9.17, 15) is 4.79 Å². The minimum Gasteiger partial charge on any atom is -0.464 e. The summed E-state index contributed by atoms with van der Waals surface area (Å²) in [5.41, 5.74) is 7.82. The fourth-order valence-corrected chi connectivity index (χ4v) is 2.40. The predicted octanol–water partition coefficient (Wildman–Crippen LogP) is 1.19. The summed E-state index contributed by atoms with van der Waals surface area (Å²) in [6.45, 7) is 2.03. The smallest absolute Gasteiger partial charge is 0.354 e. The summed E-state index contributed by atoms with van der Waals surface area (Å²) in [5, 5.41) is 0. The topological polar surface area (TPSA) is 57.2 Å². The zero-order chi connectivity index (χ0) is 11.9. The number of carbonyl (C=O) groups excluding carboxylic acids is 1. The lowest BCUT2D eigenvalue weighted by molar-refractivity contribution is 0.0589. The lowest BCUT2D eigenvalue weighted by atomic mass is 9.94. The second-order valence-electron chi connectivity index (χ2n) is 4.60. The molecule has 1 atom stereocenters. The van der Waals surface area contributed by atoms with Gasteiger partial charge in [0.15, 0.2) is 0 Å². The van der Waals surface area contributed by atoms with Gasteiger partial charge in [-0.15, -0.1) is 0 Å². The van der Waals surface area contributed by atoms with Crippen LogP contribution in [0, 0.1) is 0 Å². The third-order valence-electron chi connectivity index (χ3n) is 3.69. The normalized spacial score (nSPS) is 19.2. The second kappa shape index (κ2) is 3.63. The molecule has 1 aliphatic carbocycles. The number of aromatic nitrogens is 1. The number of nitrogens with two attached hydrogens (primary N) is 1. The van der Waals surface area contributed by atoms with Gasteiger partial charge in [0, 0.05) is 24.2 Å². The monoisotopic (exact) mass is 222 g/mol. The Bertz CT molecular complexity index is 417. The largest absolute Gasteiger partial charge is 0.464 e. The highest BCUT2D eigenvalue weighted by molar-refractivity contribution is 5.87. The maximum Gasteiger partial charge on any atom is 0.354 e. The third-order valence-corrected chi connectivity index (χ3v) is 3.69. The van der Waals surface area contributed by atoms with Gasteiger partial charge in [-0.3, -0.25) is 0 Å². The van der Waals surface area contributed by atoms with E-state index >= 15 is 0 Å². The highest BCUT2D eigenvalue weighted by Gasteiger charge is 2.49. The van der Waals surface area contributed by atoms with Crippen molar-refractivity contribution >= 4 is 5.97 Å². The van der Waals surface area contributed by atoms with Gasteiger partial charge in [0.05, 0.1) is 7.11 Å². The molecule has 1 heterocycles. The summed E-state index contributed by atoms with van der Waals surface area (Å²) < 4.78 is 6.64. The van der Waals surface area contributed by atoms with Crippen LogP contribution in [0.1, 0.15) is 35.9 Å². The summed E-state index contributed by atoms with van der Waals surface area (Å²) in [4.78, 5) is 11.5. The number of ether oxygens (including phenoxy) is 1. The molecule has 16 heavy (non-hydrogen) atoms. The van der Waals surface area contributed by atoms with Crippen LogP contribution in [0.2, 0.25) is 0 Å². The van der Waals surface area contributed by atoms with Gasteiger partial charge in [0.25, 0.3) is 0 Å². The summed E-state index contributed by atoms with van der Waals surface area (Å²) in [7, 11) is 3.29. The van der Waals surface area contributed by atoms with Crippen molar-refractivity contribution in [3.8, 4) is 0 Å². The third kappa shape index (κ3) is 1.45. The number of methoxy groups -OCH3 is 1. The average molecular weight is 222 g/mol. The van der Waals surface area contributed by atoms with Gasteiger partial charge < -0.3 is 15.0 Å². The van der Waals surface area contributed by atoms with Gasteiger partial charge in [0.2, 0.25) is 0 Å². The molecule has 2 N–H and O–H groups in total. The second-order valence-corrected chi connectivity index (χ2v) is 4.60. The Morgan fingerprint density at radius 1 is 1.56 bits per heavy atom. The molecule has 0 spiro atoms. The molecule has 0 amide bonds. The SMILES string of the molecule is COC(=O)c1ccc(C2(C(C)N)CC2)n1C. The van der Waals surface area contributed by atoms with Crippen molar-refractivity contribution in [1.29, 1.82) is 0 Å². The number of carbonyl (C=O) groups is 1. The van der Waals surface area contributed by atoms with E-state index in [1.807, 2.05) is 30.7 Å². The summed E-state index contributed by atoms with van der Waals surface area (Å²) in [6, 6.07) is 3.92. The van der Waals surface area contributed by atoms with Gasteiger partial charge in [-0.1, -0.05) is 0 Å². The molecule has 88 valence electrons. The first-order valence-electron chi connectivity index (χ1n) is 5.53. The Hall–Kier alpha value is -1.29. The Balaban J connectivity index is 2.38. The van der Waals surface area contributed by atoms with Crippen molar-refractivity contribution in [2.75, 3.05) is 7.11 Å². The fraction of sp³-hybridized carbons (Fsp3) is 0.583. The molecule has 1 aliphatic rings. The van der Waals surface area contributed by atoms with Crippen molar-refractivity contribution in [3.05, 3.63) is 23.5 Å². The Morgan fingerprint density at radius 2 is 2.19 bits per heavy atom. The zero-order valence-electron chi connectivity index (χ0n) is 9.99. The fourth-order valence-electron chi connectivity index (χ4n) is 2.40. The summed E-state index contributed by atoms with van der Waals surface area (Å²) in [6.07, 6.45) is 2.20. The Kier molecular flexibility index (Phi) is 2.54. The van der Waals surface area contributed by atoms with E-state index in [2.05, 4.69) is 0 Å². The van der Waals surface area contributed by atoms with Crippen LogP contribution >= 0.6 is 0 Å². The van der Waals surface area contributed by atoms with Crippen molar-refractivity contribution in [1.82, 2.24) is 4.57 Å². The van der Waals surface area contributed by atoms with Crippen molar-refractivity contribution in [2.45, 2.75) is 31.2 Å². The van der Waals surface area contributed by atoms with E-state index in [1.165, 1.54) is 7.11 Å². The molecule has 1 fully saturated rings. The van der Waals surface area contributed by atoms with Crippen LogP contribution in [0.4, 0.5) is 0 Å². The molecular formula is C12H18N2O2. The number of esters is 1. The molecule has 4 nitrogen and oxygen atoms in total. The van der Waals surface area contributed by atoms with Crippen LogP contribution in [0.3, 0.4) is 0 Å². The first kappa shape index (κ1) is 11.2. The number of rotatable bonds is 3. The molecule has 0 aliphatic heterocycles. The highest BCUT2D eigenvalue weighted by atomic mass is 16.5. The van der Waals surface area contributed by atoms with Gasteiger partial charge >= 0.3 is 5.97 Å². The molecule has 0 saturated heterocycles. The standard InChI is InChI=1S/C12H18N2O2/c1-8(13)12(6-7-12)10-5-4-9(14(10)2)11(15)16-3/h4-5,8H,6-7,13H2,1-3H3. The van der Waals surface area contributed by atoms with E-state index in [0.29, 0.717) is 5.69 Å². The lowest BCUT2D eigenvalue weighted by Crippen LogP contribution is -2.33. The molecule has 1 saturated carbocycles. The van der Waals surface area contributed by atoms with Crippen LogP contribution in [0.15, 0.2) is 12.1 Å². The van der Waals surface area contributed by atoms with Gasteiger partial charge in [-0.05, 0) is 31.9 Å². The maximum absolute atomic E-state index is 11.5. The molecule has 0 radical (unpaired) electrons. The molecule has 2 rings (SSSR count). The van der Waals surface area contributed by atoms with Gasteiger partial charge in [-0.2, -0.15) is 0 Å². The van der Waals surface area contributed by atoms with E-state index in [1.54, 1.807) is 0 Å². The van der Waals surface area contributed by atoms with Gasteiger partial charge in [0.1, 0.15) is 5.69 Å².